The van der Waals surface area contributed by atoms with Gasteiger partial charge in [-0.2, -0.15) is 0 Å². The second-order valence-electron chi connectivity index (χ2n) is 6.33. The van der Waals surface area contributed by atoms with Crippen molar-refractivity contribution in [3.63, 3.8) is 0 Å². The maximum absolute atomic E-state index is 12.1. The Bertz CT molecular complexity index is 735. The van der Waals surface area contributed by atoms with Crippen LogP contribution in [0, 0.1) is 5.92 Å². The van der Waals surface area contributed by atoms with E-state index in [1.807, 2.05) is 30.3 Å². The zero-order valence-electron chi connectivity index (χ0n) is 15.0. The van der Waals surface area contributed by atoms with E-state index < -0.39 is 0 Å². The minimum atomic E-state index is -0.367. The first-order valence-electron chi connectivity index (χ1n) is 8.58. The Kier molecular flexibility index (Phi) is 7.48. The maximum Gasteiger partial charge on any atom is 0.253 e. The molecule has 2 aromatic carbocycles. The molecule has 0 saturated carbocycles. The number of carbonyl (C=O) groups excluding carboxylic acids is 2. The largest absolute Gasteiger partial charge is 0.380 e. The molecule has 26 heavy (non-hydrogen) atoms. The van der Waals surface area contributed by atoms with Crippen LogP contribution >= 0.6 is 11.6 Å². The van der Waals surface area contributed by atoms with Gasteiger partial charge in [0, 0.05) is 18.3 Å². The van der Waals surface area contributed by atoms with E-state index in [4.69, 9.17) is 11.6 Å². The molecule has 3 N–H and O–H groups in total. The lowest BCUT2D eigenvalue weighted by Crippen LogP contribution is -2.43. The Balaban J connectivity index is 1.81. The van der Waals surface area contributed by atoms with Crippen molar-refractivity contribution < 1.29 is 9.59 Å². The van der Waals surface area contributed by atoms with Crippen LogP contribution in [0.5, 0.6) is 0 Å². The molecule has 5 nitrogen and oxygen atoms in total. The lowest BCUT2D eigenvalue weighted by Gasteiger charge is -2.24. The molecule has 0 aliphatic heterocycles. The maximum atomic E-state index is 12.1. The van der Waals surface area contributed by atoms with E-state index in [9.17, 15) is 9.59 Å². The molecule has 2 amide bonds. The van der Waals surface area contributed by atoms with E-state index in [0.29, 0.717) is 23.0 Å². The standard InChI is InChI=1S/C20H24ClN3O2/c1-14(2)18(24-15-8-4-3-5-9-15)12-22-19(25)13-23-20(26)16-10-6-7-11-17(16)21/h3-11,14,18,24H,12-13H2,1-2H3,(H,22,25)(H,23,26). The first-order valence-corrected chi connectivity index (χ1v) is 8.96. The van der Waals surface area contributed by atoms with Gasteiger partial charge >= 0.3 is 0 Å². The van der Waals surface area contributed by atoms with Crippen molar-refractivity contribution in [3.05, 3.63) is 65.2 Å². The van der Waals surface area contributed by atoms with E-state index in [2.05, 4.69) is 29.8 Å². The van der Waals surface area contributed by atoms with Crippen LogP contribution in [-0.4, -0.2) is 30.9 Å². The summed E-state index contributed by atoms with van der Waals surface area (Å²) in [6.07, 6.45) is 0. The number of rotatable bonds is 8. The highest BCUT2D eigenvalue weighted by molar-refractivity contribution is 6.33. The number of halogens is 1. The summed E-state index contributed by atoms with van der Waals surface area (Å²) in [5, 5.41) is 9.21. The number of anilines is 1. The predicted octanol–water partition coefficient (Wildman–Crippen LogP) is 3.32. The van der Waals surface area contributed by atoms with Crippen molar-refractivity contribution in [1.82, 2.24) is 10.6 Å². The summed E-state index contributed by atoms with van der Waals surface area (Å²) in [7, 11) is 0. The van der Waals surface area contributed by atoms with Crippen molar-refractivity contribution in [3.8, 4) is 0 Å². The van der Waals surface area contributed by atoms with Gasteiger partial charge in [-0.05, 0) is 30.2 Å². The zero-order chi connectivity index (χ0) is 18.9. The monoisotopic (exact) mass is 373 g/mol. The van der Waals surface area contributed by atoms with Crippen LogP contribution in [0.25, 0.3) is 0 Å². The minimum Gasteiger partial charge on any atom is -0.380 e. The van der Waals surface area contributed by atoms with E-state index >= 15 is 0 Å². The summed E-state index contributed by atoms with van der Waals surface area (Å²) in [6, 6.07) is 16.7. The molecule has 0 heterocycles. The van der Waals surface area contributed by atoms with Crippen LogP contribution in [0.4, 0.5) is 5.69 Å². The molecular formula is C20H24ClN3O2. The summed E-state index contributed by atoms with van der Waals surface area (Å²) < 4.78 is 0. The van der Waals surface area contributed by atoms with Crippen LogP contribution in [0.15, 0.2) is 54.6 Å². The third-order valence-corrected chi connectivity index (χ3v) is 4.31. The smallest absolute Gasteiger partial charge is 0.253 e. The van der Waals surface area contributed by atoms with Crippen molar-refractivity contribution in [1.29, 1.82) is 0 Å². The van der Waals surface area contributed by atoms with Crippen LogP contribution in [0.1, 0.15) is 24.2 Å². The van der Waals surface area contributed by atoms with Gasteiger partial charge in [0.1, 0.15) is 0 Å². The van der Waals surface area contributed by atoms with Crippen molar-refractivity contribution in [2.24, 2.45) is 5.92 Å². The highest BCUT2D eigenvalue weighted by Gasteiger charge is 2.15. The zero-order valence-corrected chi connectivity index (χ0v) is 15.7. The first-order chi connectivity index (χ1) is 12.5. The second kappa shape index (κ2) is 9.82. The number of hydrogen-bond acceptors (Lipinski definition) is 3. The summed E-state index contributed by atoms with van der Waals surface area (Å²) in [5.74, 6) is -0.285. The van der Waals surface area contributed by atoms with Crippen LogP contribution in [-0.2, 0) is 4.79 Å². The summed E-state index contributed by atoms with van der Waals surface area (Å²) in [4.78, 5) is 24.1. The summed E-state index contributed by atoms with van der Waals surface area (Å²) >= 11 is 5.98. The average molecular weight is 374 g/mol. The Hall–Kier alpha value is -2.53. The van der Waals surface area contributed by atoms with Gasteiger partial charge in [0.15, 0.2) is 0 Å². The Morgan fingerprint density at radius 2 is 1.62 bits per heavy atom. The fourth-order valence-corrected chi connectivity index (χ4v) is 2.61. The molecule has 1 atom stereocenters. The molecule has 1 unspecified atom stereocenters. The van der Waals surface area contributed by atoms with Crippen molar-refractivity contribution in [2.45, 2.75) is 19.9 Å². The fourth-order valence-electron chi connectivity index (χ4n) is 2.39. The molecule has 0 aliphatic rings. The third kappa shape index (κ3) is 6.08. The molecule has 2 aromatic rings. The predicted molar refractivity (Wildman–Crippen MR) is 105 cm³/mol. The van der Waals surface area contributed by atoms with E-state index in [1.165, 1.54) is 0 Å². The quantitative estimate of drug-likeness (QED) is 0.664. The molecule has 138 valence electrons. The number of nitrogens with one attached hydrogen (secondary N) is 3. The molecule has 0 bridgehead atoms. The Morgan fingerprint density at radius 1 is 0.962 bits per heavy atom. The van der Waals surface area contributed by atoms with Crippen LogP contribution in [0.2, 0.25) is 5.02 Å². The van der Waals surface area contributed by atoms with Gasteiger partial charge in [-0.15, -0.1) is 0 Å². The van der Waals surface area contributed by atoms with Gasteiger partial charge in [0.25, 0.3) is 5.91 Å². The molecule has 2 rings (SSSR count). The Labute approximate surface area is 159 Å². The van der Waals surface area contributed by atoms with E-state index in [0.717, 1.165) is 5.69 Å². The molecular weight excluding hydrogens is 350 g/mol. The van der Waals surface area contributed by atoms with Gasteiger partial charge < -0.3 is 16.0 Å². The summed E-state index contributed by atoms with van der Waals surface area (Å²) in [6.45, 7) is 4.55. The van der Waals surface area contributed by atoms with Crippen LogP contribution in [0.3, 0.4) is 0 Å². The van der Waals surface area contributed by atoms with Gasteiger partial charge in [0.2, 0.25) is 5.91 Å². The highest BCUT2D eigenvalue weighted by Crippen LogP contribution is 2.14. The average Bonchev–Trinajstić information content (AvgIpc) is 2.64. The number of benzene rings is 2. The van der Waals surface area contributed by atoms with E-state index in [-0.39, 0.29) is 24.4 Å². The number of hydrogen-bond donors (Lipinski definition) is 3. The SMILES string of the molecule is CC(C)C(CNC(=O)CNC(=O)c1ccccc1Cl)Nc1ccccc1. The fraction of sp³-hybridized carbons (Fsp3) is 0.300. The number of para-hydroxylation sites is 1. The lowest BCUT2D eigenvalue weighted by molar-refractivity contribution is -0.120. The molecule has 0 radical (unpaired) electrons. The topological polar surface area (TPSA) is 70.2 Å². The molecule has 0 fully saturated rings. The highest BCUT2D eigenvalue weighted by atomic mass is 35.5. The normalized spacial score (nSPS) is 11.7. The van der Waals surface area contributed by atoms with Gasteiger partial charge in [-0.25, -0.2) is 0 Å². The molecule has 0 spiro atoms. The molecule has 0 aromatic heterocycles. The van der Waals surface area contributed by atoms with Crippen molar-refractivity contribution in [2.75, 3.05) is 18.4 Å². The summed E-state index contributed by atoms with van der Waals surface area (Å²) in [5.41, 5.74) is 1.36. The molecule has 0 saturated heterocycles. The number of amides is 2. The third-order valence-electron chi connectivity index (χ3n) is 3.98. The van der Waals surface area contributed by atoms with Gasteiger partial charge in [-0.3, -0.25) is 9.59 Å². The first kappa shape index (κ1) is 19.8. The van der Waals surface area contributed by atoms with Crippen molar-refractivity contribution >= 4 is 29.1 Å². The second-order valence-corrected chi connectivity index (χ2v) is 6.73. The Morgan fingerprint density at radius 3 is 2.27 bits per heavy atom. The minimum absolute atomic E-state index is 0.0839. The molecule has 6 heteroatoms. The van der Waals surface area contributed by atoms with Crippen LogP contribution < -0.4 is 16.0 Å². The van der Waals surface area contributed by atoms with E-state index in [1.54, 1.807) is 24.3 Å². The number of carbonyl (C=O) groups is 2. The van der Waals surface area contributed by atoms with Gasteiger partial charge in [-0.1, -0.05) is 55.8 Å². The van der Waals surface area contributed by atoms with Gasteiger partial charge in [0.05, 0.1) is 17.1 Å². The lowest BCUT2D eigenvalue weighted by atomic mass is 10.0. The molecule has 0 aliphatic carbocycles.